The van der Waals surface area contributed by atoms with Gasteiger partial charge in [-0.15, -0.1) is 11.3 Å². The normalized spacial score (nSPS) is 20.9. The molecule has 71 heavy (non-hydrogen) atoms. The van der Waals surface area contributed by atoms with Crippen LogP contribution >= 0.6 is 11.3 Å². The molecule has 11 rings (SSSR count). The quantitative estimate of drug-likeness (QED) is 0.143. The van der Waals surface area contributed by atoms with Crippen molar-refractivity contribution in [1.29, 1.82) is 0 Å². The fourth-order valence-corrected chi connectivity index (χ4v) is 13.1. The third-order valence-electron chi connectivity index (χ3n) is 15.7. The van der Waals surface area contributed by atoms with E-state index in [2.05, 4.69) is 55.2 Å². The number of amides is 2. The Morgan fingerprint density at radius 2 is 1.34 bits per heavy atom. The topological polar surface area (TPSA) is 197 Å². The number of nitrogens with zero attached hydrogens (tertiary/aromatic N) is 10. The van der Waals surface area contributed by atoms with Crippen molar-refractivity contribution >= 4 is 55.8 Å². The van der Waals surface area contributed by atoms with Gasteiger partial charge in [0.1, 0.15) is 35.8 Å². The Morgan fingerprint density at radius 3 is 1.94 bits per heavy atom. The van der Waals surface area contributed by atoms with E-state index in [0.29, 0.717) is 24.1 Å². The third-order valence-corrected chi connectivity index (χ3v) is 16.8. The summed E-state index contributed by atoms with van der Waals surface area (Å²) in [5.74, 6) is 0.236. The molecular formula is C49H58F3N14O4S+. The van der Waals surface area contributed by atoms with E-state index in [9.17, 15) is 32.3 Å². The van der Waals surface area contributed by atoms with Crippen LogP contribution in [0.15, 0.2) is 46.2 Å². The van der Waals surface area contributed by atoms with Crippen molar-refractivity contribution in [3.63, 3.8) is 0 Å². The number of piperidine rings is 3. The molecule has 0 saturated carbocycles. The number of rotatable bonds is 10. The Kier molecular flexibility index (Phi) is 12.6. The number of carbonyl (C=O) groups excluding carboxylic acids is 2. The number of likely N-dealkylation sites (tertiary alicyclic amines) is 2. The van der Waals surface area contributed by atoms with E-state index in [1.165, 1.54) is 22.2 Å². The van der Waals surface area contributed by atoms with Crippen LogP contribution in [-0.2, 0) is 32.7 Å². The minimum atomic E-state index is -4.93. The summed E-state index contributed by atoms with van der Waals surface area (Å²) in [4.78, 5) is 87.9. The first kappa shape index (κ1) is 47.1. The molecule has 0 bridgehead atoms. The van der Waals surface area contributed by atoms with Crippen LogP contribution in [0.1, 0.15) is 112 Å². The van der Waals surface area contributed by atoms with Crippen molar-refractivity contribution in [2.75, 3.05) is 69.2 Å². The van der Waals surface area contributed by atoms with Gasteiger partial charge in [-0.1, -0.05) is 0 Å². The predicted octanol–water partition coefficient (Wildman–Crippen LogP) is 4.20. The summed E-state index contributed by atoms with van der Waals surface area (Å²) in [6.07, 6.45) is 7.69. The van der Waals surface area contributed by atoms with E-state index in [1.54, 1.807) is 42.9 Å². The smallest absolute Gasteiger partial charge is 0.370 e. The second-order valence-electron chi connectivity index (χ2n) is 19.7. The second-order valence-corrected chi connectivity index (χ2v) is 20.8. The van der Waals surface area contributed by atoms with Crippen molar-refractivity contribution < 1.29 is 27.4 Å². The Hall–Kier alpha value is -6.26. The highest BCUT2D eigenvalue weighted by Crippen LogP contribution is 2.37. The van der Waals surface area contributed by atoms with Gasteiger partial charge in [0.2, 0.25) is 5.82 Å². The maximum atomic E-state index is 14.8. The van der Waals surface area contributed by atoms with Gasteiger partial charge in [-0.3, -0.25) is 34.0 Å². The molecule has 0 aromatic carbocycles. The number of aromatic amines is 2. The first-order chi connectivity index (χ1) is 34.3. The molecule has 6 aromatic rings. The summed E-state index contributed by atoms with van der Waals surface area (Å²) >= 11 is 1.68. The van der Waals surface area contributed by atoms with E-state index in [-0.39, 0.29) is 40.7 Å². The van der Waals surface area contributed by atoms with Gasteiger partial charge in [-0.2, -0.15) is 22.5 Å². The lowest BCUT2D eigenvalue weighted by Gasteiger charge is -2.42. The maximum Gasteiger partial charge on any atom is 0.435 e. The van der Waals surface area contributed by atoms with Crippen molar-refractivity contribution in [3.05, 3.63) is 96.5 Å². The van der Waals surface area contributed by atoms with Gasteiger partial charge < -0.3 is 25.4 Å². The Balaban J connectivity index is 0.701. The Bertz CT molecular complexity index is 3100. The second kappa shape index (κ2) is 19.1. The number of anilines is 2. The number of nitrogens with one attached hydrogen (secondary N) is 4. The summed E-state index contributed by atoms with van der Waals surface area (Å²) in [5, 5.41) is 5.38. The number of hydrogen-bond donors (Lipinski definition) is 4. The first-order valence-electron chi connectivity index (χ1n) is 24.9. The highest BCUT2D eigenvalue weighted by atomic mass is 32.1. The molecule has 0 radical (unpaired) electrons. The molecule has 6 aromatic heterocycles. The van der Waals surface area contributed by atoms with Crippen LogP contribution in [0.4, 0.5) is 24.5 Å². The van der Waals surface area contributed by atoms with Gasteiger partial charge in [0.25, 0.3) is 22.9 Å². The minimum Gasteiger partial charge on any atom is -0.370 e. The van der Waals surface area contributed by atoms with Crippen molar-refractivity contribution in [2.24, 2.45) is 7.05 Å². The summed E-state index contributed by atoms with van der Waals surface area (Å²) < 4.78 is 46.6. The fraction of sp³-hybridized carbons (Fsp3) is 0.531. The molecule has 4 N–H and O–H groups in total. The first-order valence-corrected chi connectivity index (χ1v) is 25.7. The average Bonchev–Trinajstić information content (AvgIpc) is 4.20. The lowest BCUT2D eigenvalue weighted by Crippen LogP contribution is -2.48. The highest BCUT2D eigenvalue weighted by Gasteiger charge is 2.44. The Labute approximate surface area is 410 Å². The molecule has 5 aliphatic rings. The summed E-state index contributed by atoms with van der Waals surface area (Å²) in [6, 6.07) is 7.69. The van der Waals surface area contributed by atoms with E-state index in [0.717, 1.165) is 142 Å². The zero-order valence-corrected chi connectivity index (χ0v) is 40.7. The summed E-state index contributed by atoms with van der Waals surface area (Å²) in [7, 11) is 2.98. The van der Waals surface area contributed by atoms with Gasteiger partial charge in [0.15, 0.2) is 11.1 Å². The highest BCUT2D eigenvalue weighted by molar-refractivity contribution is 7.18. The number of fused-ring (bicyclic) bond motifs is 4. The van der Waals surface area contributed by atoms with Crippen molar-refractivity contribution in [3.8, 4) is 0 Å². The van der Waals surface area contributed by atoms with Gasteiger partial charge in [0.05, 0.1) is 35.1 Å². The van der Waals surface area contributed by atoms with E-state index >= 15 is 0 Å². The summed E-state index contributed by atoms with van der Waals surface area (Å²) in [6.45, 7) is 5.89. The lowest BCUT2D eigenvalue weighted by molar-refractivity contribution is -0.734. The number of halogens is 3. The molecule has 4 fully saturated rings. The zero-order chi connectivity index (χ0) is 49.1. The van der Waals surface area contributed by atoms with Gasteiger partial charge in [-0.25, -0.2) is 15.0 Å². The Morgan fingerprint density at radius 1 is 0.746 bits per heavy atom. The maximum absolute atomic E-state index is 14.8. The van der Waals surface area contributed by atoms with Crippen LogP contribution in [0.2, 0.25) is 0 Å². The third kappa shape index (κ3) is 9.06. The van der Waals surface area contributed by atoms with Crippen molar-refractivity contribution in [1.82, 2.24) is 55.0 Å². The molecule has 4 saturated heterocycles. The largest absolute Gasteiger partial charge is 0.435 e. The van der Waals surface area contributed by atoms with Crippen LogP contribution < -0.4 is 36.2 Å². The van der Waals surface area contributed by atoms with Crippen LogP contribution in [0.3, 0.4) is 0 Å². The molecule has 374 valence electrons. The molecular weight excluding hydrogens is 938 g/mol. The minimum absolute atomic E-state index is 0.00671. The van der Waals surface area contributed by atoms with E-state index in [1.807, 2.05) is 12.1 Å². The molecule has 2 amide bonds. The molecule has 0 spiro atoms. The number of alkyl halides is 3. The van der Waals surface area contributed by atoms with E-state index in [4.69, 9.17) is 4.98 Å². The molecule has 18 nitrogen and oxygen atoms in total. The fourth-order valence-electron chi connectivity index (χ4n) is 11.9. The van der Waals surface area contributed by atoms with Gasteiger partial charge in [-0.05, 0) is 112 Å². The van der Waals surface area contributed by atoms with Crippen molar-refractivity contribution in [2.45, 2.75) is 101 Å². The molecule has 1 aliphatic carbocycles. The van der Waals surface area contributed by atoms with Gasteiger partial charge in [0, 0.05) is 69.2 Å². The van der Waals surface area contributed by atoms with Crippen LogP contribution in [-0.4, -0.2) is 128 Å². The molecule has 2 unspecified atom stereocenters. The SMILES string of the molecule is CNC(=O)c1ccc(N2CCC(N3CCCC(c4nc5c(c(C(F)(F)F)n(CNC(=O)c6ccc(N7CCC(N8CCC(c9nc%10sc%11c(c%10c(=O)[nH]9)CCC%11)C8)CC7)cn6)[n+]5C)c(=O)[nH]4)C3)CC2)cn1. The zero-order valence-electron chi connectivity index (χ0n) is 39.9. The number of hydrogen-bond acceptors (Lipinski definition) is 13. The standard InChI is InChI=1S/C49H57F3N14O4S/c1-53-44(67)35-10-8-32(23-54-35)62-19-13-30(14-20-62)64-17-4-5-28(25-64)41-57-43-39(47(70)58-41)40(49(50,51)52)66(61(43)2)27-56-45(68)36-11-9-33(24-55-36)63-21-15-31(16-22-63)65-18-12-29(26-65)42-59-46(69)38-34-6-3-7-37(34)71-48(38)60-42/h8-11,23-24,28-31H,3-7,12-22,25-27H2,1-2H3,(H3,53,56,59,60,67,68,69)/p+1. The molecule has 4 aliphatic heterocycles. The van der Waals surface area contributed by atoms with Crippen LogP contribution in [0.25, 0.3) is 21.3 Å². The lowest BCUT2D eigenvalue weighted by atomic mass is 9.93. The number of thiophene rings is 1. The summed E-state index contributed by atoms with van der Waals surface area (Å²) in [5.41, 5.74) is 1.21. The van der Waals surface area contributed by atoms with E-state index < -0.39 is 35.4 Å². The molecule has 2 atom stereocenters. The van der Waals surface area contributed by atoms with Gasteiger partial charge >= 0.3 is 11.8 Å². The average molecular weight is 996 g/mol. The molecule has 22 heteroatoms. The number of aryl methyl sites for hydroxylation is 3. The molecule has 10 heterocycles. The number of pyridine rings is 2. The number of H-pyrrole nitrogens is 2. The monoisotopic (exact) mass is 995 g/mol. The predicted molar refractivity (Wildman–Crippen MR) is 261 cm³/mol. The van der Waals surface area contributed by atoms with Crippen LogP contribution in [0.5, 0.6) is 0 Å². The number of carbonyl (C=O) groups is 2. The van der Waals surface area contributed by atoms with Crippen LogP contribution in [0, 0.1) is 0 Å². The number of aromatic nitrogens is 8.